The molecule has 1 aliphatic carbocycles. The van der Waals surface area contributed by atoms with Crippen molar-refractivity contribution in [3.8, 4) is 5.75 Å². The minimum atomic E-state index is -0.969. The van der Waals surface area contributed by atoms with Crippen LogP contribution in [0.2, 0.25) is 0 Å². The molecule has 1 saturated carbocycles. The highest BCUT2D eigenvalue weighted by atomic mass is 19.1. The normalized spacial score (nSPS) is 17.5. The van der Waals surface area contributed by atoms with Crippen molar-refractivity contribution in [1.29, 1.82) is 0 Å². The average molecular weight is 496 g/mol. The fraction of sp³-hybridized carbons (Fsp3) is 0.321. The van der Waals surface area contributed by atoms with E-state index >= 15 is 0 Å². The topological polar surface area (TPSA) is 92.7 Å². The monoisotopic (exact) mass is 495 g/mol. The van der Waals surface area contributed by atoms with Crippen molar-refractivity contribution in [3.63, 3.8) is 0 Å². The fourth-order valence-corrected chi connectivity index (χ4v) is 4.46. The lowest BCUT2D eigenvalue weighted by atomic mass is 9.87. The zero-order valence-electron chi connectivity index (χ0n) is 19.6. The fourth-order valence-electron chi connectivity index (χ4n) is 4.46. The molecule has 0 atom stereocenters. The number of ether oxygens (including phenoxy) is 1. The highest BCUT2D eigenvalue weighted by Crippen LogP contribution is 2.31. The molecule has 3 aromatic rings. The van der Waals surface area contributed by atoms with Crippen molar-refractivity contribution in [3.05, 3.63) is 77.4 Å². The maximum absolute atomic E-state index is 14.6. The van der Waals surface area contributed by atoms with Crippen LogP contribution >= 0.6 is 0 Å². The van der Waals surface area contributed by atoms with Crippen LogP contribution in [-0.4, -0.2) is 35.4 Å². The van der Waals surface area contributed by atoms with Crippen LogP contribution < -0.4 is 10.1 Å². The molecular formula is C28H27F2NO5. The summed E-state index contributed by atoms with van der Waals surface area (Å²) in [7, 11) is 0. The quantitative estimate of drug-likeness (QED) is 0.301. The van der Waals surface area contributed by atoms with Crippen molar-refractivity contribution in [2.24, 2.45) is 5.92 Å². The Balaban J connectivity index is 1.27. The van der Waals surface area contributed by atoms with Crippen molar-refractivity contribution < 1.29 is 33.0 Å². The predicted octanol–water partition coefficient (Wildman–Crippen LogP) is 5.53. The number of rotatable bonds is 9. The maximum Gasteiger partial charge on any atom is 0.306 e. The van der Waals surface area contributed by atoms with Crippen LogP contribution in [0.1, 0.15) is 59.2 Å². The van der Waals surface area contributed by atoms with Crippen LogP contribution in [0, 0.1) is 17.6 Å². The zero-order chi connectivity index (χ0) is 25.7. The number of aliphatic carboxylic acids is 1. The van der Waals surface area contributed by atoms with Gasteiger partial charge in [0.15, 0.2) is 23.2 Å². The molecule has 2 N–H and O–H groups in total. The molecule has 0 saturated heterocycles. The maximum atomic E-state index is 14.6. The van der Waals surface area contributed by atoms with Gasteiger partial charge in [0.05, 0.1) is 12.0 Å². The highest BCUT2D eigenvalue weighted by molar-refractivity contribution is 5.99. The summed E-state index contributed by atoms with van der Waals surface area (Å²) in [5.74, 6) is -4.52. The highest BCUT2D eigenvalue weighted by Gasteiger charge is 2.28. The number of fused-ring (bicyclic) bond motifs is 1. The number of halogens is 2. The Labute approximate surface area is 207 Å². The molecule has 0 spiro atoms. The first kappa shape index (κ1) is 25.3. The van der Waals surface area contributed by atoms with Crippen LogP contribution in [0.3, 0.4) is 0 Å². The Hall–Kier alpha value is -3.81. The van der Waals surface area contributed by atoms with E-state index in [0.717, 1.165) is 22.9 Å². The molecule has 6 nitrogen and oxygen atoms in total. The summed E-state index contributed by atoms with van der Waals surface area (Å²) in [5, 5.41) is 13.8. The van der Waals surface area contributed by atoms with Gasteiger partial charge in [-0.05, 0) is 67.1 Å². The van der Waals surface area contributed by atoms with E-state index in [9.17, 15) is 23.2 Å². The van der Waals surface area contributed by atoms with Gasteiger partial charge in [0.2, 0.25) is 0 Å². The van der Waals surface area contributed by atoms with Gasteiger partial charge in [0, 0.05) is 24.1 Å². The van der Waals surface area contributed by atoms with Crippen LogP contribution in [0.5, 0.6) is 5.75 Å². The largest absolute Gasteiger partial charge is 0.484 e. The number of Topliss-reactive ketones (excluding diaryl/α,β-unsaturated/α-hetero) is 1. The number of hydrogen-bond donors (Lipinski definition) is 2. The second kappa shape index (κ2) is 11.3. The lowest BCUT2D eigenvalue weighted by Crippen LogP contribution is -2.28. The summed E-state index contributed by atoms with van der Waals surface area (Å²) in [4.78, 5) is 35.9. The van der Waals surface area contributed by atoms with Gasteiger partial charge in [0.1, 0.15) is 0 Å². The third-order valence-corrected chi connectivity index (χ3v) is 6.51. The molecule has 0 unspecified atom stereocenters. The van der Waals surface area contributed by atoms with E-state index < -0.39 is 41.2 Å². The third kappa shape index (κ3) is 6.05. The van der Waals surface area contributed by atoms with Gasteiger partial charge >= 0.3 is 5.97 Å². The molecule has 0 bridgehead atoms. The number of nitrogens with one attached hydrogen (secondary N) is 1. The molecule has 3 aromatic carbocycles. The summed E-state index contributed by atoms with van der Waals surface area (Å²) in [5.41, 5.74) is 0.406. The Morgan fingerprint density at radius 2 is 1.56 bits per heavy atom. The van der Waals surface area contributed by atoms with Gasteiger partial charge in [-0.2, -0.15) is 0 Å². The first-order valence-electron chi connectivity index (χ1n) is 12.0. The van der Waals surface area contributed by atoms with Crippen molar-refractivity contribution in [2.75, 3.05) is 6.54 Å². The Bertz CT molecular complexity index is 1260. The van der Waals surface area contributed by atoms with Gasteiger partial charge < -0.3 is 15.2 Å². The molecular weight excluding hydrogens is 468 g/mol. The van der Waals surface area contributed by atoms with Gasteiger partial charge in [-0.1, -0.05) is 30.3 Å². The van der Waals surface area contributed by atoms with Crippen molar-refractivity contribution in [2.45, 2.75) is 44.6 Å². The number of hydrogen-bond acceptors (Lipinski definition) is 4. The van der Waals surface area contributed by atoms with Gasteiger partial charge in [-0.3, -0.25) is 14.4 Å². The summed E-state index contributed by atoms with van der Waals surface area (Å²) in [6.07, 6.45) is 1.40. The molecule has 0 radical (unpaired) electrons. The van der Waals surface area contributed by atoms with E-state index in [0.29, 0.717) is 37.7 Å². The predicted molar refractivity (Wildman–Crippen MR) is 130 cm³/mol. The van der Waals surface area contributed by atoms with Gasteiger partial charge in [0.25, 0.3) is 5.91 Å². The molecule has 0 aliphatic heterocycles. The minimum absolute atomic E-state index is 0.0102. The van der Waals surface area contributed by atoms with Crippen LogP contribution in [0.15, 0.2) is 54.6 Å². The number of benzene rings is 3. The van der Waals surface area contributed by atoms with E-state index in [-0.39, 0.29) is 24.4 Å². The van der Waals surface area contributed by atoms with E-state index in [1.807, 2.05) is 30.3 Å². The second-order valence-electron chi connectivity index (χ2n) is 9.04. The van der Waals surface area contributed by atoms with Gasteiger partial charge in [-0.25, -0.2) is 8.78 Å². The minimum Gasteiger partial charge on any atom is -0.484 e. The number of ketones is 1. The number of carboxylic acids is 1. The van der Waals surface area contributed by atoms with E-state index in [1.165, 1.54) is 0 Å². The Morgan fingerprint density at radius 3 is 2.22 bits per heavy atom. The molecule has 1 fully saturated rings. The first-order chi connectivity index (χ1) is 17.3. The molecule has 8 heteroatoms. The lowest BCUT2D eigenvalue weighted by Gasteiger charge is -2.27. The first-order valence-corrected chi connectivity index (χ1v) is 12.0. The molecule has 4 rings (SSSR count). The van der Waals surface area contributed by atoms with E-state index in [1.54, 1.807) is 12.1 Å². The van der Waals surface area contributed by atoms with E-state index in [4.69, 9.17) is 9.84 Å². The van der Waals surface area contributed by atoms with Crippen LogP contribution in [-0.2, 0) is 4.79 Å². The second-order valence-corrected chi connectivity index (χ2v) is 9.04. The molecule has 36 heavy (non-hydrogen) atoms. The Kier molecular flexibility index (Phi) is 7.93. The number of carboxylic acid groups (broad SMARTS) is 1. The molecule has 188 valence electrons. The molecule has 0 heterocycles. The standard InChI is InChI=1S/C28H27F2NO5/c29-23-15-21(16-24(30)26(23)36-22-11-9-18(10-12-22)28(34)35)25(32)6-3-13-31-27(33)20-8-7-17-4-1-2-5-19(17)14-20/h1-2,4-5,7-8,14-16,18,22H,3,6,9-13H2,(H,31,33)(H,34,35). The van der Waals surface area contributed by atoms with Gasteiger partial charge in [-0.15, -0.1) is 0 Å². The number of carbonyl (C=O) groups excluding carboxylic acids is 2. The summed E-state index contributed by atoms with van der Waals surface area (Å²) >= 11 is 0. The SMILES string of the molecule is O=C(CCCNC(=O)c1ccc2ccccc2c1)c1cc(F)c(OC2CCC(C(=O)O)CC2)c(F)c1. The van der Waals surface area contributed by atoms with Crippen molar-refractivity contribution in [1.82, 2.24) is 5.32 Å². The van der Waals surface area contributed by atoms with E-state index in [2.05, 4.69) is 5.32 Å². The zero-order valence-corrected chi connectivity index (χ0v) is 19.6. The molecule has 1 aliphatic rings. The third-order valence-electron chi connectivity index (χ3n) is 6.51. The van der Waals surface area contributed by atoms with Crippen molar-refractivity contribution >= 4 is 28.4 Å². The summed E-state index contributed by atoms with van der Waals surface area (Å²) in [6, 6.07) is 15.0. The van der Waals surface area contributed by atoms with Crippen LogP contribution in [0.4, 0.5) is 8.78 Å². The molecule has 1 amide bonds. The van der Waals surface area contributed by atoms with Crippen LogP contribution in [0.25, 0.3) is 10.8 Å². The Morgan fingerprint density at radius 1 is 0.889 bits per heavy atom. The smallest absolute Gasteiger partial charge is 0.306 e. The lowest BCUT2D eigenvalue weighted by molar-refractivity contribution is -0.143. The number of amides is 1. The summed E-state index contributed by atoms with van der Waals surface area (Å²) in [6.45, 7) is 0.239. The molecule has 0 aromatic heterocycles. The number of carbonyl (C=O) groups is 3. The average Bonchev–Trinajstić information content (AvgIpc) is 2.88. The summed E-state index contributed by atoms with van der Waals surface area (Å²) < 4.78 is 34.6.